The minimum absolute atomic E-state index is 0.124. The van der Waals surface area contributed by atoms with Crippen LogP contribution < -0.4 is 0 Å². The minimum Gasteiger partial charge on any atom is -0.444 e. The minimum atomic E-state index is -0.454. The summed E-state index contributed by atoms with van der Waals surface area (Å²) in [5.41, 5.74) is -0.454. The van der Waals surface area contributed by atoms with Gasteiger partial charge in [-0.3, -0.25) is 0 Å². The van der Waals surface area contributed by atoms with E-state index in [2.05, 4.69) is 0 Å². The molecule has 1 aliphatic heterocycles. The zero-order chi connectivity index (χ0) is 13.1. The zero-order valence-electron chi connectivity index (χ0n) is 11.4. The van der Waals surface area contributed by atoms with Gasteiger partial charge in [-0.1, -0.05) is 0 Å². The number of hydrogen-bond acceptors (Lipinski definition) is 3. The topological polar surface area (TPSA) is 49.8 Å². The van der Waals surface area contributed by atoms with Gasteiger partial charge in [-0.2, -0.15) is 0 Å². The first-order chi connectivity index (χ1) is 7.79. The van der Waals surface area contributed by atoms with Crippen LogP contribution in [-0.4, -0.2) is 40.4 Å². The molecule has 1 unspecified atom stereocenters. The van der Waals surface area contributed by atoms with E-state index in [4.69, 9.17) is 4.74 Å². The highest BCUT2D eigenvalue weighted by atomic mass is 16.6. The molecule has 0 aromatic carbocycles. The van der Waals surface area contributed by atoms with E-state index in [0.717, 1.165) is 25.8 Å². The number of aliphatic hydroxyl groups excluding tert-OH is 1. The van der Waals surface area contributed by atoms with E-state index in [9.17, 15) is 9.90 Å². The fourth-order valence-electron chi connectivity index (χ4n) is 2.20. The normalized spacial score (nSPS) is 23.4. The number of aliphatic hydroxyl groups is 1. The van der Waals surface area contributed by atoms with Crippen molar-refractivity contribution >= 4 is 6.09 Å². The molecule has 0 aliphatic carbocycles. The van der Waals surface area contributed by atoms with Crippen LogP contribution in [0, 0.1) is 0 Å². The maximum absolute atomic E-state index is 12.0. The quantitative estimate of drug-likeness (QED) is 0.811. The van der Waals surface area contributed by atoms with Gasteiger partial charge >= 0.3 is 6.09 Å². The molecule has 100 valence electrons. The first kappa shape index (κ1) is 14.3. The lowest BCUT2D eigenvalue weighted by Gasteiger charge is -2.37. The maximum atomic E-state index is 12.0. The summed E-state index contributed by atoms with van der Waals surface area (Å²) in [6, 6.07) is 0.124. The van der Waals surface area contributed by atoms with Gasteiger partial charge in [0.15, 0.2) is 0 Å². The van der Waals surface area contributed by atoms with Crippen molar-refractivity contribution in [3.05, 3.63) is 0 Å². The van der Waals surface area contributed by atoms with E-state index in [1.807, 2.05) is 20.8 Å². The highest BCUT2D eigenvalue weighted by Gasteiger charge is 2.30. The molecular formula is C13H25NO3. The van der Waals surface area contributed by atoms with Gasteiger partial charge in [0, 0.05) is 12.6 Å². The van der Waals surface area contributed by atoms with Crippen molar-refractivity contribution in [2.24, 2.45) is 0 Å². The molecule has 0 spiro atoms. The number of carbonyl (C=O) groups excluding carboxylic acids is 1. The average molecular weight is 243 g/mol. The lowest BCUT2D eigenvalue weighted by Crippen LogP contribution is -2.47. The van der Waals surface area contributed by atoms with E-state index < -0.39 is 5.60 Å². The fourth-order valence-corrected chi connectivity index (χ4v) is 2.20. The number of carbonyl (C=O) groups is 1. The molecule has 1 N–H and O–H groups in total. The number of rotatable bonds is 2. The van der Waals surface area contributed by atoms with Crippen molar-refractivity contribution in [2.75, 3.05) is 6.54 Å². The first-order valence-electron chi connectivity index (χ1n) is 6.47. The molecule has 0 radical (unpaired) electrons. The number of nitrogens with zero attached hydrogens (tertiary/aromatic N) is 1. The Morgan fingerprint density at radius 2 is 2.12 bits per heavy atom. The molecule has 1 rings (SSSR count). The summed E-state index contributed by atoms with van der Waals surface area (Å²) < 4.78 is 5.39. The average Bonchev–Trinajstić information content (AvgIpc) is 2.14. The van der Waals surface area contributed by atoms with Crippen LogP contribution in [0.1, 0.15) is 53.4 Å². The number of piperidine rings is 1. The summed E-state index contributed by atoms with van der Waals surface area (Å²) in [4.78, 5) is 13.8. The summed E-state index contributed by atoms with van der Waals surface area (Å²) in [6.45, 7) is 8.13. The van der Waals surface area contributed by atoms with Crippen LogP contribution in [0.15, 0.2) is 0 Å². The maximum Gasteiger partial charge on any atom is 0.410 e. The summed E-state index contributed by atoms with van der Waals surface area (Å²) in [5.74, 6) is 0. The van der Waals surface area contributed by atoms with Crippen LogP contribution in [0.2, 0.25) is 0 Å². The van der Waals surface area contributed by atoms with Gasteiger partial charge in [-0.05, 0) is 53.4 Å². The second-order valence-corrected chi connectivity index (χ2v) is 5.91. The van der Waals surface area contributed by atoms with Crippen LogP contribution in [0.5, 0.6) is 0 Å². The zero-order valence-corrected chi connectivity index (χ0v) is 11.4. The van der Waals surface area contributed by atoms with E-state index in [1.54, 1.807) is 11.8 Å². The summed E-state index contributed by atoms with van der Waals surface area (Å²) in [7, 11) is 0. The molecular weight excluding hydrogens is 218 g/mol. The molecule has 1 aliphatic rings. The molecule has 0 aromatic rings. The molecule has 4 heteroatoms. The van der Waals surface area contributed by atoms with Gasteiger partial charge in [0.05, 0.1) is 6.10 Å². The second-order valence-electron chi connectivity index (χ2n) is 5.91. The predicted molar refractivity (Wildman–Crippen MR) is 66.9 cm³/mol. The molecule has 0 saturated carbocycles. The van der Waals surface area contributed by atoms with Gasteiger partial charge in [0.2, 0.25) is 0 Å². The Balaban J connectivity index is 2.61. The molecule has 4 nitrogen and oxygen atoms in total. The number of likely N-dealkylation sites (tertiary alicyclic amines) is 1. The van der Waals surface area contributed by atoms with Gasteiger partial charge in [-0.15, -0.1) is 0 Å². The molecule has 0 aromatic heterocycles. The highest BCUT2D eigenvalue weighted by molar-refractivity contribution is 5.68. The summed E-state index contributed by atoms with van der Waals surface area (Å²) in [6.07, 6.45) is 3.13. The van der Waals surface area contributed by atoms with Gasteiger partial charge in [0.25, 0.3) is 0 Å². The van der Waals surface area contributed by atoms with Crippen molar-refractivity contribution in [1.29, 1.82) is 0 Å². The van der Waals surface area contributed by atoms with E-state index in [0.29, 0.717) is 6.42 Å². The number of hydrogen-bond donors (Lipinski definition) is 1. The van der Waals surface area contributed by atoms with Crippen molar-refractivity contribution in [1.82, 2.24) is 4.90 Å². The number of amides is 1. The molecule has 1 saturated heterocycles. The second kappa shape index (κ2) is 5.71. The molecule has 1 fully saturated rings. The summed E-state index contributed by atoms with van der Waals surface area (Å²) >= 11 is 0. The molecule has 0 bridgehead atoms. The third-order valence-electron chi connectivity index (χ3n) is 2.87. The standard InChI is InChI=1S/C13H25NO3/c1-10(15)9-11-7-5-6-8-14(11)12(16)17-13(2,3)4/h10-11,15H,5-9H2,1-4H3/t10?,11-/m1/s1. The van der Waals surface area contributed by atoms with E-state index in [-0.39, 0.29) is 18.2 Å². The predicted octanol–water partition coefficient (Wildman–Crippen LogP) is 2.55. The fraction of sp³-hybridized carbons (Fsp3) is 0.923. The Labute approximate surface area is 104 Å². The van der Waals surface area contributed by atoms with Gasteiger partial charge in [0.1, 0.15) is 5.60 Å². The Morgan fingerprint density at radius 3 is 2.65 bits per heavy atom. The Bertz CT molecular complexity index is 258. The van der Waals surface area contributed by atoms with Gasteiger partial charge < -0.3 is 14.7 Å². The Hall–Kier alpha value is -0.770. The van der Waals surface area contributed by atoms with E-state index in [1.165, 1.54) is 0 Å². The van der Waals surface area contributed by atoms with Crippen LogP contribution in [0.25, 0.3) is 0 Å². The van der Waals surface area contributed by atoms with Crippen LogP contribution in [-0.2, 0) is 4.74 Å². The first-order valence-corrected chi connectivity index (χ1v) is 6.47. The van der Waals surface area contributed by atoms with E-state index >= 15 is 0 Å². The van der Waals surface area contributed by atoms with Crippen molar-refractivity contribution in [2.45, 2.75) is 71.1 Å². The lowest BCUT2D eigenvalue weighted by atomic mass is 9.98. The molecule has 1 amide bonds. The van der Waals surface area contributed by atoms with Crippen LogP contribution in [0.4, 0.5) is 4.79 Å². The molecule has 2 atom stereocenters. The number of ether oxygens (including phenoxy) is 1. The monoisotopic (exact) mass is 243 g/mol. The van der Waals surface area contributed by atoms with Crippen LogP contribution >= 0.6 is 0 Å². The van der Waals surface area contributed by atoms with Crippen LogP contribution in [0.3, 0.4) is 0 Å². The summed E-state index contributed by atoms with van der Waals surface area (Å²) in [5, 5.41) is 9.46. The highest BCUT2D eigenvalue weighted by Crippen LogP contribution is 2.23. The largest absolute Gasteiger partial charge is 0.444 e. The smallest absolute Gasteiger partial charge is 0.410 e. The SMILES string of the molecule is CC(O)C[C@H]1CCCCN1C(=O)OC(C)(C)C. The van der Waals surface area contributed by atoms with Gasteiger partial charge in [-0.25, -0.2) is 4.79 Å². The lowest BCUT2D eigenvalue weighted by molar-refractivity contribution is 0.00360. The Morgan fingerprint density at radius 1 is 1.47 bits per heavy atom. The molecule has 1 heterocycles. The van der Waals surface area contributed by atoms with Crippen molar-refractivity contribution in [3.8, 4) is 0 Å². The third kappa shape index (κ3) is 4.94. The Kier molecular flexibility index (Phi) is 4.80. The molecule has 17 heavy (non-hydrogen) atoms. The van der Waals surface area contributed by atoms with Crippen molar-refractivity contribution < 1.29 is 14.6 Å². The third-order valence-corrected chi connectivity index (χ3v) is 2.87. The van der Waals surface area contributed by atoms with Crippen molar-refractivity contribution in [3.63, 3.8) is 0 Å².